The lowest BCUT2D eigenvalue weighted by molar-refractivity contribution is -0.114. The van der Waals surface area contributed by atoms with Gasteiger partial charge in [0.1, 0.15) is 0 Å². The number of amides is 1. The molecule has 3 heteroatoms. The predicted molar refractivity (Wildman–Crippen MR) is 89.6 cm³/mol. The molecule has 0 saturated heterocycles. The smallest absolute Gasteiger partial charge is 0.221 e. The highest BCUT2D eigenvalue weighted by Crippen LogP contribution is 2.39. The topological polar surface area (TPSA) is 41.1 Å². The van der Waals surface area contributed by atoms with Crippen molar-refractivity contribution in [3.05, 3.63) is 24.3 Å². The molecule has 21 heavy (non-hydrogen) atoms. The summed E-state index contributed by atoms with van der Waals surface area (Å²) in [6, 6.07) is 8.57. The summed E-state index contributed by atoms with van der Waals surface area (Å²) in [5, 5.41) is 6.51. The molecule has 1 saturated carbocycles. The van der Waals surface area contributed by atoms with Crippen molar-refractivity contribution in [2.75, 3.05) is 10.6 Å². The Bertz CT molecular complexity index is 473. The van der Waals surface area contributed by atoms with Crippen molar-refractivity contribution in [2.45, 2.75) is 59.4 Å². The van der Waals surface area contributed by atoms with Gasteiger partial charge in [0.25, 0.3) is 0 Å². The third-order valence-corrected chi connectivity index (χ3v) is 4.44. The van der Waals surface area contributed by atoms with E-state index in [9.17, 15) is 4.79 Å². The zero-order valence-corrected chi connectivity index (χ0v) is 13.7. The molecule has 3 nitrogen and oxygen atoms in total. The maximum atomic E-state index is 11.0. The summed E-state index contributed by atoms with van der Waals surface area (Å²) in [7, 11) is 0. The largest absolute Gasteiger partial charge is 0.382 e. The van der Waals surface area contributed by atoms with Gasteiger partial charge in [-0.05, 0) is 48.4 Å². The Morgan fingerprint density at radius 2 is 1.62 bits per heavy atom. The van der Waals surface area contributed by atoms with E-state index in [4.69, 9.17) is 0 Å². The molecule has 2 atom stereocenters. The quantitative estimate of drug-likeness (QED) is 0.849. The Morgan fingerprint density at radius 3 is 2.19 bits per heavy atom. The van der Waals surface area contributed by atoms with Gasteiger partial charge < -0.3 is 10.6 Å². The summed E-state index contributed by atoms with van der Waals surface area (Å²) < 4.78 is 0. The molecular weight excluding hydrogens is 260 g/mol. The molecule has 1 fully saturated rings. The number of carbonyl (C=O) groups excluding carboxylic acids is 1. The Morgan fingerprint density at radius 1 is 1.05 bits per heavy atom. The van der Waals surface area contributed by atoms with Crippen LogP contribution in [0.25, 0.3) is 0 Å². The third-order valence-electron chi connectivity index (χ3n) is 4.44. The van der Waals surface area contributed by atoms with Crippen LogP contribution >= 0.6 is 0 Å². The first-order valence-corrected chi connectivity index (χ1v) is 8.00. The van der Waals surface area contributed by atoms with E-state index in [2.05, 4.69) is 43.5 Å². The fourth-order valence-corrected chi connectivity index (χ4v) is 3.41. The van der Waals surface area contributed by atoms with Crippen LogP contribution in [-0.4, -0.2) is 11.9 Å². The highest BCUT2D eigenvalue weighted by atomic mass is 16.1. The van der Waals surface area contributed by atoms with Crippen LogP contribution in [0.5, 0.6) is 0 Å². The van der Waals surface area contributed by atoms with Crippen molar-refractivity contribution in [2.24, 2.45) is 11.3 Å². The number of rotatable bonds is 3. The van der Waals surface area contributed by atoms with Crippen LogP contribution in [0, 0.1) is 11.3 Å². The zero-order chi connectivity index (χ0) is 15.5. The van der Waals surface area contributed by atoms with E-state index in [1.807, 2.05) is 12.1 Å². The number of hydrogen-bond acceptors (Lipinski definition) is 2. The molecule has 1 aliphatic rings. The lowest BCUT2D eigenvalue weighted by Gasteiger charge is -2.41. The molecular formula is C18H28N2O. The maximum Gasteiger partial charge on any atom is 0.221 e. The molecule has 2 N–H and O–H groups in total. The summed E-state index contributed by atoms with van der Waals surface area (Å²) in [6.07, 6.45) is 5.22. The van der Waals surface area contributed by atoms with Crippen LogP contribution in [0.15, 0.2) is 24.3 Å². The second kappa shape index (κ2) is 6.50. The molecule has 1 aliphatic carbocycles. The Hall–Kier alpha value is -1.51. The first-order chi connectivity index (χ1) is 9.86. The van der Waals surface area contributed by atoms with Crippen molar-refractivity contribution in [1.29, 1.82) is 0 Å². The lowest BCUT2D eigenvalue weighted by atomic mass is 9.69. The van der Waals surface area contributed by atoms with Crippen LogP contribution < -0.4 is 10.6 Å². The lowest BCUT2D eigenvalue weighted by Crippen LogP contribution is -2.39. The van der Waals surface area contributed by atoms with E-state index in [-0.39, 0.29) is 5.91 Å². The van der Waals surface area contributed by atoms with E-state index in [1.165, 1.54) is 32.6 Å². The fourth-order valence-electron chi connectivity index (χ4n) is 3.41. The van der Waals surface area contributed by atoms with Crippen LogP contribution in [-0.2, 0) is 4.79 Å². The second-order valence-electron chi connectivity index (χ2n) is 7.27. The van der Waals surface area contributed by atoms with Crippen LogP contribution in [0.1, 0.15) is 53.4 Å². The van der Waals surface area contributed by atoms with Gasteiger partial charge in [0.2, 0.25) is 5.91 Å². The van der Waals surface area contributed by atoms with Crippen molar-refractivity contribution in [1.82, 2.24) is 0 Å². The molecule has 0 aromatic heterocycles. The highest BCUT2D eigenvalue weighted by molar-refractivity contribution is 5.88. The molecule has 1 aromatic carbocycles. The maximum absolute atomic E-state index is 11.0. The van der Waals surface area contributed by atoms with Crippen molar-refractivity contribution >= 4 is 17.3 Å². The first-order valence-electron chi connectivity index (χ1n) is 8.00. The second-order valence-corrected chi connectivity index (χ2v) is 7.27. The molecule has 0 bridgehead atoms. The summed E-state index contributed by atoms with van der Waals surface area (Å²) in [5.74, 6) is 0.678. The normalized spacial score (nSPS) is 22.7. The zero-order valence-electron chi connectivity index (χ0n) is 13.7. The van der Waals surface area contributed by atoms with E-state index in [0.29, 0.717) is 17.4 Å². The Balaban J connectivity index is 2.03. The number of benzene rings is 1. The first kappa shape index (κ1) is 15.9. The molecule has 1 amide bonds. The fraction of sp³-hybridized carbons (Fsp3) is 0.611. The number of carbonyl (C=O) groups is 1. The monoisotopic (exact) mass is 288 g/mol. The minimum atomic E-state index is -0.0317. The van der Waals surface area contributed by atoms with E-state index in [0.717, 1.165) is 11.4 Å². The molecule has 2 unspecified atom stereocenters. The molecule has 0 radical (unpaired) electrons. The molecule has 0 heterocycles. The molecule has 1 aromatic rings. The highest BCUT2D eigenvalue weighted by Gasteiger charge is 2.33. The summed E-state index contributed by atoms with van der Waals surface area (Å²) in [6.45, 7) is 8.56. The van der Waals surface area contributed by atoms with Gasteiger partial charge in [-0.2, -0.15) is 0 Å². The van der Waals surface area contributed by atoms with Gasteiger partial charge in [-0.3, -0.25) is 4.79 Å². The Labute approximate surface area is 128 Å². The summed E-state index contributed by atoms with van der Waals surface area (Å²) >= 11 is 0. The number of nitrogens with one attached hydrogen (secondary N) is 2. The van der Waals surface area contributed by atoms with Gasteiger partial charge in [0, 0.05) is 24.3 Å². The Kier molecular flexibility index (Phi) is 4.92. The SMILES string of the molecule is CC(=O)Nc1ccc(NC2CCCCC2C(C)(C)C)cc1. The minimum absolute atomic E-state index is 0.0317. The third kappa shape index (κ3) is 4.48. The average Bonchev–Trinajstić information content (AvgIpc) is 2.40. The van der Waals surface area contributed by atoms with E-state index < -0.39 is 0 Å². The van der Waals surface area contributed by atoms with Gasteiger partial charge in [-0.15, -0.1) is 0 Å². The van der Waals surface area contributed by atoms with Gasteiger partial charge >= 0.3 is 0 Å². The predicted octanol–water partition coefficient (Wildman–Crippen LogP) is 4.66. The van der Waals surface area contributed by atoms with Crippen molar-refractivity contribution < 1.29 is 4.79 Å². The molecule has 116 valence electrons. The van der Waals surface area contributed by atoms with Crippen molar-refractivity contribution in [3.63, 3.8) is 0 Å². The standard InChI is InChI=1S/C18H28N2O/c1-13(21)19-14-9-11-15(12-10-14)20-17-8-6-5-7-16(17)18(2,3)4/h9-12,16-17,20H,5-8H2,1-4H3,(H,19,21). The molecule has 0 spiro atoms. The van der Waals surface area contributed by atoms with Gasteiger partial charge in [-0.1, -0.05) is 33.6 Å². The van der Waals surface area contributed by atoms with E-state index in [1.54, 1.807) is 0 Å². The van der Waals surface area contributed by atoms with Gasteiger partial charge in [0.05, 0.1) is 0 Å². The summed E-state index contributed by atoms with van der Waals surface area (Å²) in [5.41, 5.74) is 2.34. The molecule has 2 rings (SSSR count). The number of hydrogen-bond donors (Lipinski definition) is 2. The van der Waals surface area contributed by atoms with Crippen LogP contribution in [0.4, 0.5) is 11.4 Å². The summed E-state index contributed by atoms with van der Waals surface area (Å²) in [4.78, 5) is 11.0. The van der Waals surface area contributed by atoms with Gasteiger partial charge in [-0.25, -0.2) is 0 Å². The minimum Gasteiger partial charge on any atom is -0.382 e. The van der Waals surface area contributed by atoms with Crippen LogP contribution in [0.2, 0.25) is 0 Å². The van der Waals surface area contributed by atoms with Gasteiger partial charge in [0.15, 0.2) is 0 Å². The average molecular weight is 288 g/mol. The van der Waals surface area contributed by atoms with Crippen molar-refractivity contribution in [3.8, 4) is 0 Å². The van der Waals surface area contributed by atoms with E-state index >= 15 is 0 Å². The number of anilines is 2. The molecule has 0 aliphatic heterocycles. The van der Waals surface area contributed by atoms with Crippen LogP contribution in [0.3, 0.4) is 0 Å².